The molecular formula is C9H18O3. The van der Waals surface area contributed by atoms with Crippen LogP contribution in [0.5, 0.6) is 0 Å². The Balaban J connectivity index is 3.85. The molecule has 12 heavy (non-hydrogen) atoms. The van der Waals surface area contributed by atoms with Crippen LogP contribution < -0.4 is 0 Å². The number of hydrogen-bond donors (Lipinski definition) is 1. The molecule has 0 aromatic heterocycles. The third-order valence-electron chi connectivity index (χ3n) is 1.39. The van der Waals surface area contributed by atoms with E-state index < -0.39 is 11.7 Å². The van der Waals surface area contributed by atoms with Crippen LogP contribution in [0.15, 0.2) is 0 Å². The van der Waals surface area contributed by atoms with E-state index in [9.17, 15) is 4.79 Å². The van der Waals surface area contributed by atoms with Gasteiger partial charge < -0.3 is 9.84 Å². The Morgan fingerprint density at radius 2 is 2.00 bits per heavy atom. The summed E-state index contributed by atoms with van der Waals surface area (Å²) in [6.45, 7) is 7.20. The second kappa shape index (κ2) is 4.45. The van der Waals surface area contributed by atoms with Crippen molar-refractivity contribution in [2.75, 3.05) is 0 Å². The van der Waals surface area contributed by atoms with E-state index in [1.54, 1.807) is 20.8 Å². The molecule has 0 heterocycles. The zero-order valence-electron chi connectivity index (χ0n) is 8.26. The van der Waals surface area contributed by atoms with Gasteiger partial charge in [-0.15, -0.1) is 0 Å². The first-order valence-corrected chi connectivity index (χ1v) is 4.27. The van der Waals surface area contributed by atoms with E-state index in [2.05, 4.69) is 0 Å². The number of carbonyl (C=O) groups excluding carboxylic acids is 1. The SMILES string of the molecule is CCCC(O)OC(=O)C(C)(C)C. The van der Waals surface area contributed by atoms with Crippen molar-refractivity contribution in [3.63, 3.8) is 0 Å². The molecule has 1 unspecified atom stereocenters. The molecular weight excluding hydrogens is 156 g/mol. The van der Waals surface area contributed by atoms with E-state index >= 15 is 0 Å². The summed E-state index contributed by atoms with van der Waals surface area (Å²) in [6.07, 6.45) is 0.363. The third-order valence-corrected chi connectivity index (χ3v) is 1.39. The fourth-order valence-electron chi connectivity index (χ4n) is 0.606. The Kier molecular flexibility index (Phi) is 4.24. The molecule has 0 saturated carbocycles. The molecule has 0 bridgehead atoms. The molecule has 1 N–H and O–H groups in total. The Morgan fingerprint density at radius 1 is 1.50 bits per heavy atom. The van der Waals surface area contributed by atoms with Crippen LogP contribution in [0, 0.1) is 5.41 Å². The quantitative estimate of drug-likeness (QED) is 0.523. The molecule has 0 amide bonds. The first-order valence-electron chi connectivity index (χ1n) is 4.27. The molecule has 0 radical (unpaired) electrons. The molecule has 0 fully saturated rings. The molecule has 0 aliphatic rings. The molecule has 0 saturated heterocycles. The van der Waals surface area contributed by atoms with Crippen molar-refractivity contribution in [3.05, 3.63) is 0 Å². The highest BCUT2D eigenvalue weighted by atomic mass is 16.6. The normalized spacial score (nSPS) is 14.1. The van der Waals surface area contributed by atoms with Crippen LogP contribution in [0.1, 0.15) is 40.5 Å². The van der Waals surface area contributed by atoms with Gasteiger partial charge in [-0.2, -0.15) is 0 Å². The Labute approximate surface area is 73.7 Å². The van der Waals surface area contributed by atoms with Crippen molar-refractivity contribution in [3.8, 4) is 0 Å². The average Bonchev–Trinajstić information content (AvgIpc) is 1.85. The Morgan fingerprint density at radius 3 is 2.33 bits per heavy atom. The molecule has 1 atom stereocenters. The summed E-state index contributed by atoms with van der Waals surface area (Å²) in [5.41, 5.74) is -0.533. The molecule has 72 valence electrons. The molecule has 0 aliphatic carbocycles. The highest BCUT2D eigenvalue weighted by molar-refractivity contribution is 5.75. The number of aliphatic hydroxyl groups is 1. The lowest BCUT2D eigenvalue weighted by Gasteiger charge is -2.19. The lowest BCUT2D eigenvalue weighted by molar-refractivity contribution is -0.178. The van der Waals surface area contributed by atoms with Gasteiger partial charge in [-0.1, -0.05) is 13.3 Å². The van der Waals surface area contributed by atoms with Gasteiger partial charge in [-0.3, -0.25) is 4.79 Å². The maximum atomic E-state index is 11.2. The monoisotopic (exact) mass is 174 g/mol. The number of aliphatic hydroxyl groups excluding tert-OH is 1. The molecule has 0 aromatic carbocycles. The van der Waals surface area contributed by atoms with Gasteiger partial charge in [-0.25, -0.2) is 0 Å². The summed E-state index contributed by atoms with van der Waals surface area (Å²) in [6, 6.07) is 0. The van der Waals surface area contributed by atoms with Gasteiger partial charge in [0.1, 0.15) is 0 Å². The predicted octanol–water partition coefficient (Wildman–Crippen LogP) is 1.69. The second-order valence-electron chi connectivity index (χ2n) is 3.90. The largest absolute Gasteiger partial charge is 0.436 e. The summed E-state index contributed by atoms with van der Waals surface area (Å²) in [4.78, 5) is 11.2. The Hall–Kier alpha value is -0.570. The molecule has 0 aliphatic heterocycles. The van der Waals surface area contributed by atoms with E-state index in [4.69, 9.17) is 9.84 Å². The number of ether oxygens (including phenoxy) is 1. The van der Waals surface area contributed by atoms with Gasteiger partial charge in [0.25, 0.3) is 0 Å². The number of hydrogen-bond acceptors (Lipinski definition) is 3. The van der Waals surface area contributed by atoms with Crippen molar-refractivity contribution in [1.82, 2.24) is 0 Å². The number of carbonyl (C=O) groups is 1. The van der Waals surface area contributed by atoms with Gasteiger partial charge in [0.2, 0.25) is 6.29 Å². The van der Waals surface area contributed by atoms with E-state index in [0.717, 1.165) is 6.42 Å². The van der Waals surface area contributed by atoms with E-state index in [0.29, 0.717) is 6.42 Å². The highest BCUT2D eigenvalue weighted by Crippen LogP contribution is 2.16. The minimum atomic E-state index is -0.943. The maximum Gasteiger partial charge on any atom is 0.313 e. The molecule has 0 rings (SSSR count). The van der Waals surface area contributed by atoms with Gasteiger partial charge in [0, 0.05) is 6.42 Å². The van der Waals surface area contributed by atoms with E-state index in [-0.39, 0.29) is 5.97 Å². The third kappa shape index (κ3) is 4.34. The molecule has 0 aromatic rings. The highest BCUT2D eigenvalue weighted by Gasteiger charge is 2.25. The van der Waals surface area contributed by atoms with Crippen molar-refractivity contribution in [2.24, 2.45) is 5.41 Å². The van der Waals surface area contributed by atoms with Crippen LogP contribution in [-0.4, -0.2) is 17.4 Å². The van der Waals surface area contributed by atoms with Crippen LogP contribution in [0.3, 0.4) is 0 Å². The summed E-state index contributed by atoms with van der Waals surface area (Å²) < 4.78 is 4.77. The minimum Gasteiger partial charge on any atom is -0.436 e. The van der Waals surface area contributed by atoms with E-state index in [1.807, 2.05) is 6.92 Å². The summed E-state index contributed by atoms with van der Waals surface area (Å²) in [5, 5.41) is 9.14. The maximum absolute atomic E-state index is 11.2. The van der Waals surface area contributed by atoms with Crippen molar-refractivity contribution < 1.29 is 14.6 Å². The van der Waals surface area contributed by atoms with Crippen molar-refractivity contribution >= 4 is 5.97 Å². The van der Waals surface area contributed by atoms with Crippen molar-refractivity contribution in [2.45, 2.75) is 46.8 Å². The van der Waals surface area contributed by atoms with Gasteiger partial charge >= 0.3 is 5.97 Å². The van der Waals surface area contributed by atoms with Crippen LogP contribution in [0.4, 0.5) is 0 Å². The fourth-order valence-corrected chi connectivity index (χ4v) is 0.606. The van der Waals surface area contributed by atoms with Gasteiger partial charge in [0.05, 0.1) is 5.41 Å². The van der Waals surface area contributed by atoms with Gasteiger partial charge in [-0.05, 0) is 20.8 Å². The van der Waals surface area contributed by atoms with Crippen LogP contribution in [-0.2, 0) is 9.53 Å². The zero-order valence-corrected chi connectivity index (χ0v) is 8.26. The molecule has 3 heteroatoms. The second-order valence-corrected chi connectivity index (χ2v) is 3.90. The topological polar surface area (TPSA) is 46.5 Å². The standard InChI is InChI=1S/C9H18O3/c1-5-6-7(10)12-8(11)9(2,3)4/h7,10H,5-6H2,1-4H3. The molecule has 0 spiro atoms. The summed E-state index contributed by atoms with van der Waals surface area (Å²) in [7, 11) is 0. The lowest BCUT2D eigenvalue weighted by Crippen LogP contribution is -2.27. The predicted molar refractivity (Wildman–Crippen MR) is 46.5 cm³/mol. The minimum absolute atomic E-state index is 0.358. The van der Waals surface area contributed by atoms with Crippen molar-refractivity contribution in [1.29, 1.82) is 0 Å². The summed E-state index contributed by atoms with van der Waals surface area (Å²) >= 11 is 0. The fraction of sp³-hybridized carbons (Fsp3) is 0.889. The van der Waals surface area contributed by atoms with Crippen LogP contribution in [0.25, 0.3) is 0 Å². The smallest absolute Gasteiger partial charge is 0.313 e. The average molecular weight is 174 g/mol. The Bertz CT molecular complexity index is 146. The van der Waals surface area contributed by atoms with Crippen LogP contribution in [0.2, 0.25) is 0 Å². The zero-order chi connectivity index (χ0) is 9.78. The first kappa shape index (κ1) is 11.4. The number of esters is 1. The number of rotatable bonds is 3. The van der Waals surface area contributed by atoms with E-state index in [1.165, 1.54) is 0 Å². The van der Waals surface area contributed by atoms with Crippen LogP contribution >= 0.6 is 0 Å². The lowest BCUT2D eigenvalue weighted by atomic mass is 9.97. The molecule has 3 nitrogen and oxygen atoms in total. The van der Waals surface area contributed by atoms with Gasteiger partial charge in [0.15, 0.2) is 0 Å². The first-order chi connectivity index (χ1) is 5.38. The summed E-state index contributed by atoms with van der Waals surface area (Å²) in [5.74, 6) is -0.358.